The quantitative estimate of drug-likeness (QED) is 0.651. The van der Waals surface area contributed by atoms with Gasteiger partial charge in [-0.05, 0) is 35.9 Å². The zero-order valence-corrected chi connectivity index (χ0v) is 16.8. The summed E-state index contributed by atoms with van der Waals surface area (Å²) >= 11 is 1.39. The molecule has 3 heterocycles. The zero-order valence-electron chi connectivity index (χ0n) is 15.1. The number of nitrogens with one attached hydrogen (secondary N) is 1. The largest absolute Gasteiger partial charge is 0.314 e. The first kappa shape index (κ1) is 18.6. The molecule has 9 heteroatoms. The van der Waals surface area contributed by atoms with Crippen LogP contribution in [0.15, 0.2) is 60.1 Å². The molecular weight excluding hydrogens is 396 g/mol. The summed E-state index contributed by atoms with van der Waals surface area (Å²) in [5, 5.41) is 7.56. The van der Waals surface area contributed by atoms with E-state index in [0.717, 1.165) is 21.7 Å². The van der Waals surface area contributed by atoms with Crippen LogP contribution in [0.1, 0.15) is 10.4 Å². The van der Waals surface area contributed by atoms with Crippen molar-refractivity contribution in [3.05, 3.63) is 65.7 Å². The van der Waals surface area contributed by atoms with Crippen molar-refractivity contribution < 1.29 is 13.2 Å². The van der Waals surface area contributed by atoms with Crippen molar-refractivity contribution in [1.82, 2.24) is 14.1 Å². The van der Waals surface area contributed by atoms with Gasteiger partial charge in [0.15, 0.2) is 0 Å². The predicted octanol–water partition coefficient (Wildman–Crippen LogP) is 2.98. The highest BCUT2D eigenvalue weighted by molar-refractivity contribution is 7.89. The highest BCUT2D eigenvalue weighted by Gasteiger charge is 2.32. The van der Waals surface area contributed by atoms with E-state index >= 15 is 0 Å². The average molecular weight is 415 g/mol. The Kier molecular flexibility index (Phi) is 4.66. The highest BCUT2D eigenvalue weighted by Crippen LogP contribution is 2.37. The third-order valence-electron chi connectivity index (χ3n) is 4.58. The number of amides is 1. The van der Waals surface area contributed by atoms with E-state index in [2.05, 4.69) is 17.0 Å². The van der Waals surface area contributed by atoms with Crippen molar-refractivity contribution in [2.75, 3.05) is 5.32 Å². The third kappa shape index (κ3) is 3.28. The van der Waals surface area contributed by atoms with Crippen molar-refractivity contribution in [3.63, 3.8) is 0 Å². The van der Waals surface area contributed by atoms with Gasteiger partial charge in [0, 0.05) is 36.8 Å². The second-order valence-electron chi connectivity index (χ2n) is 6.39. The van der Waals surface area contributed by atoms with Gasteiger partial charge in [0.25, 0.3) is 0 Å². The summed E-state index contributed by atoms with van der Waals surface area (Å²) in [6, 6.07) is 10.6. The number of hydrogen-bond acceptors (Lipinski definition) is 5. The minimum Gasteiger partial charge on any atom is -0.314 e. The Labute approximate surface area is 167 Å². The maximum Gasteiger partial charge on any atom is 0.248 e. The lowest BCUT2D eigenvalue weighted by Gasteiger charge is -2.16. The summed E-state index contributed by atoms with van der Waals surface area (Å²) in [5.74, 6) is -0.281. The van der Waals surface area contributed by atoms with Gasteiger partial charge in [-0.1, -0.05) is 18.7 Å². The van der Waals surface area contributed by atoms with Gasteiger partial charge in [-0.3, -0.25) is 9.48 Å². The second-order valence-corrected chi connectivity index (χ2v) is 9.47. The zero-order chi connectivity index (χ0) is 19.9. The van der Waals surface area contributed by atoms with Gasteiger partial charge < -0.3 is 5.32 Å². The molecule has 28 heavy (non-hydrogen) atoms. The summed E-state index contributed by atoms with van der Waals surface area (Å²) < 4.78 is 29.4. The minimum absolute atomic E-state index is 0.251. The molecule has 1 N–H and O–H groups in total. The molecule has 0 fully saturated rings. The summed E-state index contributed by atoms with van der Waals surface area (Å²) in [6.07, 6.45) is 2.88. The van der Waals surface area contributed by atoms with Crippen LogP contribution in [0.25, 0.3) is 11.3 Å². The average Bonchev–Trinajstić information content (AvgIpc) is 3.36. The van der Waals surface area contributed by atoms with Crippen LogP contribution < -0.4 is 5.32 Å². The number of carbonyl (C=O) groups is 1. The summed E-state index contributed by atoms with van der Waals surface area (Å²) in [7, 11) is -1.82. The standard InChI is InChI=1S/C19H18N4O3S2/c1-3-18(24)21-19-10-14-11-23(12-17(14)27-19)28(25,26)15-6-4-5-13(9-15)16-7-8-20-22(16)2/h3-10H,1,11-12H2,2H3,(H,21,24). The molecule has 0 aliphatic carbocycles. The number of hydrogen-bond donors (Lipinski definition) is 1. The molecule has 0 atom stereocenters. The Hall–Kier alpha value is -2.75. The molecule has 1 aromatic carbocycles. The van der Waals surface area contributed by atoms with Crippen LogP contribution in [-0.2, 0) is 35.0 Å². The highest BCUT2D eigenvalue weighted by atomic mass is 32.2. The van der Waals surface area contributed by atoms with Crippen molar-refractivity contribution in [1.29, 1.82) is 0 Å². The predicted molar refractivity (Wildman–Crippen MR) is 108 cm³/mol. The molecule has 0 bridgehead atoms. The van der Waals surface area contributed by atoms with Gasteiger partial charge in [-0.2, -0.15) is 9.40 Å². The molecule has 1 amide bonds. The van der Waals surface area contributed by atoms with Crippen molar-refractivity contribution >= 4 is 32.3 Å². The molecule has 144 valence electrons. The number of sulfonamides is 1. The van der Waals surface area contributed by atoms with Crippen LogP contribution in [0.4, 0.5) is 5.00 Å². The molecule has 1 aliphatic heterocycles. The Morgan fingerprint density at radius 3 is 2.79 bits per heavy atom. The van der Waals surface area contributed by atoms with Gasteiger partial charge in [-0.25, -0.2) is 8.42 Å². The Morgan fingerprint density at radius 1 is 1.29 bits per heavy atom. The van der Waals surface area contributed by atoms with E-state index in [0.29, 0.717) is 11.5 Å². The molecule has 3 aromatic rings. The fraction of sp³-hybridized carbons (Fsp3) is 0.158. The SMILES string of the molecule is C=CC(=O)Nc1cc2c(s1)CN(S(=O)(=O)c1cccc(-c3ccnn3C)c1)C2. The first-order chi connectivity index (χ1) is 13.4. The number of carbonyl (C=O) groups excluding carboxylic acids is 1. The molecule has 0 unspecified atom stereocenters. The molecule has 4 rings (SSSR count). The number of aromatic nitrogens is 2. The number of fused-ring (bicyclic) bond motifs is 1. The Bertz CT molecular complexity index is 1150. The monoisotopic (exact) mass is 414 g/mol. The molecule has 7 nitrogen and oxygen atoms in total. The molecule has 0 spiro atoms. The first-order valence-corrected chi connectivity index (χ1v) is 10.8. The minimum atomic E-state index is -3.64. The lowest BCUT2D eigenvalue weighted by Crippen LogP contribution is -2.25. The molecule has 2 aromatic heterocycles. The van der Waals surface area contributed by atoms with Crippen LogP contribution >= 0.6 is 11.3 Å². The van der Waals surface area contributed by atoms with Gasteiger partial charge in [0.05, 0.1) is 15.6 Å². The molecule has 0 saturated heterocycles. The maximum atomic E-state index is 13.1. The maximum absolute atomic E-state index is 13.1. The van der Waals surface area contributed by atoms with Crippen LogP contribution in [-0.4, -0.2) is 28.4 Å². The number of anilines is 1. The van der Waals surface area contributed by atoms with E-state index in [-0.39, 0.29) is 17.3 Å². The topological polar surface area (TPSA) is 84.3 Å². The van der Waals surface area contributed by atoms with Crippen molar-refractivity contribution in [3.8, 4) is 11.3 Å². The molecular formula is C19H18N4O3S2. The second kappa shape index (κ2) is 7.01. The summed E-state index contributed by atoms with van der Waals surface area (Å²) in [6.45, 7) is 4.01. The summed E-state index contributed by atoms with van der Waals surface area (Å²) in [5.41, 5.74) is 2.56. The van der Waals surface area contributed by atoms with Crippen LogP contribution in [0, 0.1) is 0 Å². The van der Waals surface area contributed by atoms with Crippen LogP contribution in [0.2, 0.25) is 0 Å². The third-order valence-corrected chi connectivity index (χ3v) is 7.45. The van der Waals surface area contributed by atoms with E-state index in [1.165, 1.54) is 21.7 Å². The van der Waals surface area contributed by atoms with Crippen LogP contribution in [0.3, 0.4) is 0 Å². The number of aryl methyl sites for hydroxylation is 1. The van der Waals surface area contributed by atoms with Crippen LogP contribution in [0.5, 0.6) is 0 Å². The van der Waals surface area contributed by atoms with Crippen molar-refractivity contribution in [2.45, 2.75) is 18.0 Å². The van der Waals surface area contributed by atoms with E-state index in [1.54, 1.807) is 29.1 Å². The number of rotatable bonds is 5. The van der Waals surface area contributed by atoms with Gasteiger partial charge in [0.1, 0.15) is 0 Å². The summed E-state index contributed by atoms with van der Waals surface area (Å²) in [4.78, 5) is 12.6. The van der Waals surface area contributed by atoms with E-state index in [9.17, 15) is 13.2 Å². The van der Waals surface area contributed by atoms with Gasteiger partial charge in [-0.15, -0.1) is 11.3 Å². The van der Waals surface area contributed by atoms with E-state index in [1.807, 2.05) is 25.2 Å². The Morgan fingerprint density at radius 2 is 2.11 bits per heavy atom. The number of benzene rings is 1. The number of nitrogens with zero attached hydrogens (tertiary/aromatic N) is 3. The van der Waals surface area contributed by atoms with Gasteiger partial charge in [0.2, 0.25) is 15.9 Å². The van der Waals surface area contributed by atoms with E-state index in [4.69, 9.17) is 0 Å². The lowest BCUT2D eigenvalue weighted by atomic mass is 10.1. The van der Waals surface area contributed by atoms with E-state index < -0.39 is 10.0 Å². The number of thiophene rings is 1. The molecule has 0 saturated carbocycles. The normalized spacial score (nSPS) is 14.0. The first-order valence-electron chi connectivity index (χ1n) is 8.52. The smallest absolute Gasteiger partial charge is 0.248 e. The fourth-order valence-electron chi connectivity index (χ4n) is 3.17. The van der Waals surface area contributed by atoms with Crippen molar-refractivity contribution in [2.24, 2.45) is 7.05 Å². The Balaban J connectivity index is 1.58. The molecule has 0 radical (unpaired) electrons. The molecule has 1 aliphatic rings. The fourth-order valence-corrected chi connectivity index (χ4v) is 5.77. The van der Waals surface area contributed by atoms with Gasteiger partial charge >= 0.3 is 0 Å². The lowest BCUT2D eigenvalue weighted by molar-refractivity contribution is -0.111.